The molecular weight excluding hydrogens is 372 g/mol. The molecule has 2 heterocycles. The molecule has 0 atom stereocenters. The number of nitrogens with one attached hydrogen (secondary N) is 2. The van der Waals surface area contributed by atoms with Crippen LogP contribution in [0.2, 0.25) is 0 Å². The van der Waals surface area contributed by atoms with Gasteiger partial charge in [-0.15, -0.1) is 0 Å². The van der Waals surface area contributed by atoms with Crippen molar-refractivity contribution in [2.24, 2.45) is 0 Å². The maximum absolute atomic E-state index is 14.1. The van der Waals surface area contributed by atoms with Gasteiger partial charge in [0.05, 0.1) is 5.69 Å². The Morgan fingerprint density at radius 2 is 1.52 bits per heavy atom. The second kappa shape index (κ2) is 8.43. The van der Waals surface area contributed by atoms with E-state index in [9.17, 15) is 8.78 Å². The van der Waals surface area contributed by atoms with Gasteiger partial charge in [0.25, 0.3) is 0 Å². The van der Waals surface area contributed by atoms with E-state index in [1.165, 1.54) is 18.2 Å². The molecular formula is C22H17F2N5. The van der Waals surface area contributed by atoms with Crippen LogP contribution in [0.4, 0.5) is 26.2 Å². The predicted octanol–water partition coefficient (Wildman–Crippen LogP) is 5.17. The summed E-state index contributed by atoms with van der Waals surface area (Å²) < 4.78 is 28.1. The fraction of sp³-hybridized carbons (Fsp3) is 0.0455. The molecule has 4 aromatic rings. The van der Waals surface area contributed by atoms with Crippen LogP contribution in [0.3, 0.4) is 0 Å². The number of hydrogen-bond acceptors (Lipinski definition) is 5. The summed E-state index contributed by atoms with van der Waals surface area (Å²) >= 11 is 0. The first kappa shape index (κ1) is 18.5. The van der Waals surface area contributed by atoms with Gasteiger partial charge in [-0.25, -0.2) is 13.8 Å². The summed E-state index contributed by atoms with van der Waals surface area (Å²) in [6.45, 7) is 0.480. The first-order chi connectivity index (χ1) is 14.2. The van der Waals surface area contributed by atoms with Gasteiger partial charge in [-0.1, -0.05) is 36.4 Å². The van der Waals surface area contributed by atoms with Gasteiger partial charge in [0.15, 0.2) is 0 Å². The average Bonchev–Trinajstić information content (AvgIpc) is 2.76. The molecule has 0 amide bonds. The summed E-state index contributed by atoms with van der Waals surface area (Å²) in [4.78, 5) is 12.9. The van der Waals surface area contributed by atoms with Crippen molar-refractivity contribution in [2.45, 2.75) is 6.54 Å². The van der Waals surface area contributed by atoms with Gasteiger partial charge in [-0.2, -0.15) is 4.98 Å². The largest absolute Gasteiger partial charge is 0.350 e. The van der Waals surface area contributed by atoms with E-state index in [0.717, 1.165) is 11.1 Å². The Morgan fingerprint density at radius 1 is 0.793 bits per heavy atom. The van der Waals surface area contributed by atoms with Crippen molar-refractivity contribution >= 4 is 17.5 Å². The van der Waals surface area contributed by atoms with Crippen molar-refractivity contribution in [3.8, 4) is 11.3 Å². The van der Waals surface area contributed by atoms with Gasteiger partial charge in [-0.05, 0) is 29.8 Å². The molecule has 0 bridgehead atoms. The van der Waals surface area contributed by atoms with E-state index in [-0.39, 0.29) is 11.5 Å². The van der Waals surface area contributed by atoms with Crippen LogP contribution in [0, 0.1) is 11.6 Å². The number of anilines is 3. The van der Waals surface area contributed by atoms with Crippen molar-refractivity contribution in [3.05, 3.63) is 96.3 Å². The van der Waals surface area contributed by atoms with Crippen LogP contribution < -0.4 is 10.6 Å². The monoisotopic (exact) mass is 389 g/mol. The number of para-hydroxylation sites is 1. The normalized spacial score (nSPS) is 10.6. The third kappa shape index (κ3) is 4.52. The topological polar surface area (TPSA) is 62.7 Å². The quantitative estimate of drug-likeness (QED) is 0.476. The lowest BCUT2D eigenvalue weighted by atomic mass is 10.1. The van der Waals surface area contributed by atoms with E-state index in [1.54, 1.807) is 18.5 Å². The number of halogens is 2. The van der Waals surface area contributed by atoms with E-state index in [0.29, 0.717) is 18.2 Å². The Bertz CT molecular complexity index is 1080. The molecule has 0 radical (unpaired) electrons. The Hall–Kier alpha value is -3.87. The lowest BCUT2D eigenvalue weighted by molar-refractivity contribution is 0.590. The van der Waals surface area contributed by atoms with Gasteiger partial charge < -0.3 is 10.6 Å². The van der Waals surface area contributed by atoms with Gasteiger partial charge in [0.2, 0.25) is 5.95 Å². The lowest BCUT2D eigenvalue weighted by Crippen LogP contribution is -2.07. The van der Waals surface area contributed by atoms with Crippen LogP contribution in [-0.2, 0) is 6.54 Å². The van der Waals surface area contributed by atoms with E-state index in [4.69, 9.17) is 0 Å². The molecule has 0 aliphatic carbocycles. The van der Waals surface area contributed by atoms with Crippen LogP contribution in [0.15, 0.2) is 79.1 Å². The Morgan fingerprint density at radius 3 is 2.24 bits per heavy atom. The average molecular weight is 389 g/mol. The summed E-state index contributed by atoms with van der Waals surface area (Å²) in [6, 6.07) is 18.6. The van der Waals surface area contributed by atoms with Gasteiger partial charge in [0.1, 0.15) is 23.1 Å². The first-order valence-corrected chi connectivity index (χ1v) is 8.97. The highest BCUT2D eigenvalue weighted by atomic mass is 19.1. The minimum Gasteiger partial charge on any atom is -0.350 e. The number of benzene rings is 2. The molecule has 0 fully saturated rings. The molecule has 0 spiro atoms. The zero-order valence-electron chi connectivity index (χ0n) is 15.3. The van der Waals surface area contributed by atoms with Crippen molar-refractivity contribution in [3.63, 3.8) is 0 Å². The van der Waals surface area contributed by atoms with E-state index in [2.05, 4.69) is 25.6 Å². The van der Waals surface area contributed by atoms with Crippen LogP contribution in [-0.4, -0.2) is 15.0 Å². The molecule has 2 aromatic carbocycles. The second-order valence-electron chi connectivity index (χ2n) is 6.26. The zero-order valence-corrected chi connectivity index (χ0v) is 15.3. The number of aromatic nitrogens is 3. The van der Waals surface area contributed by atoms with Gasteiger partial charge in [-0.3, -0.25) is 4.98 Å². The van der Waals surface area contributed by atoms with Crippen molar-refractivity contribution in [1.29, 1.82) is 0 Å². The van der Waals surface area contributed by atoms with Crippen LogP contribution in [0.25, 0.3) is 11.3 Å². The zero-order chi connectivity index (χ0) is 20.1. The number of hydrogen-bond donors (Lipinski definition) is 2. The molecule has 7 heteroatoms. The summed E-state index contributed by atoms with van der Waals surface area (Å²) in [5.74, 6) is -0.783. The van der Waals surface area contributed by atoms with Crippen LogP contribution in [0.5, 0.6) is 0 Å². The van der Waals surface area contributed by atoms with Gasteiger partial charge in [0, 0.05) is 30.6 Å². The molecule has 0 aliphatic rings. The molecule has 0 aliphatic heterocycles. The van der Waals surface area contributed by atoms with Gasteiger partial charge >= 0.3 is 0 Å². The lowest BCUT2D eigenvalue weighted by Gasteiger charge is -2.12. The molecule has 0 saturated carbocycles. The third-order valence-electron chi connectivity index (χ3n) is 4.21. The molecule has 2 aromatic heterocycles. The molecule has 0 unspecified atom stereocenters. The maximum Gasteiger partial charge on any atom is 0.225 e. The number of nitrogens with zero attached hydrogens (tertiary/aromatic N) is 3. The molecule has 5 nitrogen and oxygen atoms in total. The van der Waals surface area contributed by atoms with Crippen molar-refractivity contribution in [2.75, 3.05) is 10.6 Å². The smallest absolute Gasteiger partial charge is 0.225 e. The Labute approximate surface area is 166 Å². The van der Waals surface area contributed by atoms with E-state index >= 15 is 0 Å². The van der Waals surface area contributed by atoms with Crippen LogP contribution >= 0.6 is 0 Å². The summed E-state index contributed by atoms with van der Waals surface area (Å²) in [7, 11) is 0. The Balaban J connectivity index is 1.68. The molecule has 144 valence electrons. The summed E-state index contributed by atoms with van der Waals surface area (Å²) in [5.41, 5.74) is 2.23. The fourth-order valence-corrected chi connectivity index (χ4v) is 2.77. The molecule has 4 rings (SSSR count). The second-order valence-corrected chi connectivity index (χ2v) is 6.26. The Kier molecular flexibility index (Phi) is 5.38. The van der Waals surface area contributed by atoms with Crippen LogP contribution in [0.1, 0.15) is 5.56 Å². The first-order valence-electron chi connectivity index (χ1n) is 8.97. The summed E-state index contributed by atoms with van der Waals surface area (Å²) in [6.07, 6.45) is 3.40. The highest BCUT2D eigenvalue weighted by Crippen LogP contribution is 2.26. The number of pyridine rings is 1. The molecule has 0 saturated heterocycles. The van der Waals surface area contributed by atoms with Crippen molar-refractivity contribution in [1.82, 2.24) is 15.0 Å². The predicted molar refractivity (Wildman–Crippen MR) is 109 cm³/mol. The SMILES string of the molecule is Fc1cccc(F)c1Nc1cc(-c2ccccc2)nc(NCc2ccncc2)n1. The van der Waals surface area contributed by atoms with E-state index in [1.807, 2.05) is 42.5 Å². The fourth-order valence-electron chi connectivity index (χ4n) is 2.77. The summed E-state index contributed by atoms with van der Waals surface area (Å²) in [5, 5.41) is 5.89. The van der Waals surface area contributed by atoms with Crippen molar-refractivity contribution < 1.29 is 8.78 Å². The third-order valence-corrected chi connectivity index (χ3v) is 4.21. The standard InChI is InChI=1S/C22H17F2N5/c23-17-7-4-8-18(24)21(17)28-20-13-19(16-5-2-1-3-6-16)27-22(29-20)26-14-15-9-11-25-12-10-15/h1-13H,14H2,(H2,26,27,28,29). The molecule has 29 heavy (non-hydrogen) atoms. The minimum atomic E-state index is -0.698. The number of rotatable bonds is 6. The highest BCUT2D eigenvalue weighted by Gasteiger charge is 2.12. The minimum absolute atomic E-state index is 0.259. The van der Waals surface area contributed by atoms with E-state index < -0.39 is 11.6 Å². The maximum atomic E-state index is 14.1. The molecule has 2 N–H and O–H groups in total. The highest BCUT2D eigenvalue weighted by molar-refractivity contribution is 5.67.